The van der Waals surface area contributed by atoms with Crippen molar-refractivity contribution in [2.75, 3.05) is 5.75 Å². The summed E-state index contributed by atoms with van der Waals surface area (Å²) in [7, 11) is 0. The smallest absolute Gasteiger partial charge is 0.157 e. The van der Waals surface area contributed by atoms with Crippen LogP contribution in [0.5, 0.6) is 0 Å². The molecule has 1 saturated heterocycles. The number of nitrogens with one attached hydrogen (secondary N) is 1. The van der Waals surface area contributed by atoms with E-state index in [1.807, 2.05) is 23.9 Å². The van der Waals surface area contributed by atoms with Gasteiger partial charge in [0.15, 0.2) is 5.17 Å². The fourth-order valence-corrected chi connectivity index (χ4v) is 3.70. The number of aliphatic imine (C=N–C) groups is 1. The van der Waals surface area contributed by atoms with E-state index in [4.69, 9.17) is 0 Å². The van der Waals surface area contributed by atoms with Crippen LogP contribution in [0, 0.1) is 0 Å². The number of rotatable bonds is 2. The highest BCUT2D eigenvalue weighted by atomic mass is 32.2. The summed E-state index contributed by atoms with van der Waals surface area (Å²) < 4.78 is 0. The summed E-state index contributed by atoms with van der Waals surface area (Å²) in [6.07, 6.45) is 6.98. The predicted octanol–water partition coefficient (Wildman–Crippen LogP) is 1.98. The van der Waals surface area contributed by atoms with Crippen LogP contribution in [0.4, 0.5) is 0 Å². The van der Waals surface area contributed by atoms with Gasteiger partial charge in [0.1, 0.15) is 0 Å². The first-order chi connectivity index (χ1) is 8.36. The van der Waals surface area contributed by atoms with Gasteiger partial charge in [0.25, 0.3) is 0 Å². The Labute approximate surface area is 105 Å². The highest BCUT2D eigenvalue weighted by molar-refractivity contribution is 8.14. The molecule has 4 nitrogen and oxygen atoms in total. The summed E-state index contributed by atoms with van der Waals surface area (Å²) in [6.45, 7) is 0.624. The van der Waals surface area contributed by atoms with Gasteiger partial charge in [0, 0.05) is 17.5 Å². The Balaban J connectivity index is 1.63. The number of amidine groups is 1. The molecule has 2 heterocycles. The van der Waals surface area contributed by atoms with Crippen LogP contribution in [0.1, 0.15) is 31.4 Å². The van der Waals surface area contributed by atoms with E-state index in [-0.39, 0.29) is 0 Å². The van der Waals surface area contributed by atoms with Crippen LogP contribution in [-0.4, -0.2) is 26.7 Å². The van der Waals surface area contributed by atoms with Gasteiger partial charge in [0.05, 0.1) is 12.2 Å². The zero-order chi connectivity index (χ0) is 11.6. The second-order valence-corrected chi connectivity index (χ2v) is 5.70. The van der Waals surface area contributed by atoms with Crippen molar-refractivity contribution in [1.29, 1.82) is 0 Å². The fraction of sp³-hybridized carbons (Fsp3) is 0.583. The maximum atomic E-state index is 4.58. The van der Waals surface area contributed by atoms with Gasteiger partial charge in [-0.1, -0.05) is 24.6 Å². The molecule has 1 aromatic heterocycles. The summed E-state index contributed by atoms with van der Waals surface area (Å²) >= 11 is 1.85. The minimum atomic E-state index is 0.353. The second-order valence-electron chi connectivity index (χ2n) is 4.74. The molecule has 3 rings (SSSR count). The van der Waals surface area contributed by atoms with E-state index < -0.39 is 0 Å². The van der Waals surface area contributed by atoms with Gasteiger partial charge in [-0.25, -0.2) is 0 Å². The molecule has 0 aromatic carbocycles. The Kier molecular flexibility index (Phi) is 3.01. The van der Waals surface area contributed by atoms with Crippen molar-refractivity contribution >= 4 is 16.9 Å². The summed E-state index contributed by atoms with van der Waals surface area (Å²) in [5.41, 5.74) is 1.28. The molecule has 1 N–H and O–H groups in total. The van der Waals surface area contributed by atoms with Crippen molar-refractivity contribution < 1.29 is 0 Å². The van der Waals surface area contributed by atoms with E-state index >= 15 is 0 Å². The number of aromatic nitrogens is 2. The molecule has 0 bridgehead atoms. The van der Waals surface area contributed by atoms with E-state index in [0.717, 1.165) is 10.9 Å². The molecule has 0 amide bonds. The Hall–Kier alpha value is -1.10. The molecule has 5 heteroatoms. The van der Waals surface area contributed by atoms with Crippen molar-refractivity contribution in [1.82, 2.24) is 15.5 Å². The van der Waals surface area contributed by atoms with Crippen LogP contribution in [0.25, 0.3) is 0 Å². The molecule has 17 heavy (non-hydrogen) atoms. The molecule has 2 fully saturated rings. The van der Waals surface area contributed by atoms with Gasteiger partial charge < -0.3 is 5.32 Å². The molecule has 90 valence electrons. The monoisotopic (exact) mass is 248 g/mol. The van der Waals surface area contributed by atoms with Crippen molar-refractivity contribution in [2.24, 2.45) is 4.99 Å². The van der Waals surface area contributed by atoms with Crippen molar-refractivity contribution in [2.45, 2.75) is 37.8 Å². The molecule has 1 aliphatic heterocycles. The maximum absolute atomic E-state index is 4.58. The third-order valence-corrected chi connectivity index (χ3v) is 4.63. The topological polar surface area (TPSA) is 50.2 Å². The first-order valence-corrected chi connectivity index (χ1v) is 7.07. The minimum Gasteiger partial charge on any atom is -0.359 e. The normalized spacial score (nSPS) is 24.4. The van der Waals surface area contributed by atoms with E-state index in [0.29, 0.717) is 12.1 Å². The molecule has 1 saturated carbocycles. The molecular formula is C12H16N4S. The van der Waals surface area contributed by atoms with Crippen LogP contribution in [0.2, 0.25) is 0 Å². The minimum absolute atomic E-state index is 0.353. The zero-order valence-corrected chi connectivity index (χ0v) is 10.5. The van der Waals surface area contributed by atoms with Crippen LogP contribution in [0.15, 0.2) is 23.3 Å². The first kappa shape index (κ1) is 11.0. The van der Waals surface area contributed by atoms with Crippen LogP contribution in [0.3, 0.4) is 0 Å². The van der Waals surface area contributed by atoms with E-state index in [9.17, 15) is 0 Å². The molecule has 0 unspecified atom stereocenters. The lowest BCUT2D eigenvalue weighted by molar-refractivity contribution is 0.452. The van der Waals surface area contributed by atoms with Crippen LogP contribution >= 0.6 is 11.8 Å². The standard InChI is InChI=1S/C12H16N4S/c1-2-6-12(5-1)9-17-11(15-12)13-8-10-4-3-7-14-16-10/h3-4,7H,1-2,5-6,8-9H2,(H,13,15). The van der Waals surface area contributed by atoms with Gasteiger partial charge in [0.2, 0.25) is 0 Å². The maximum Gasteiger partial charge on any atom is 0.157 e. The van der Waals surface area contributed by atoms with Crippen molar-refractivity contribution in [3.05, 3.63) is 24.0 Å². The molecular weight excluding hydrogens is 232 g/mol. The average Bonchev–Trinajstić information content (AvgIpc) is 2.99. The third-order valence-electron chi connectivity index (χ3n) is 3.43. The van der Waals surface area contributed by atoms with Gasteiger partial charge in [-0.05, 0) is 25.0 Å². The number of thioether (sulfide) groups is 1. The van der Waals surface area contributed by atoms with E-state index in [1.54, 1.807) is 6.20 Å². The van der Waals surface area contributed by atoms with E-state index in [1.165, 1.54) is 31.4 Å². The Bertz CT molecular complexity index is 412. The van der Waals surface area contributed by atoms with Crippen molar-refractivity contribution in [3.63, 3.8) is 0 Å². The summed E-state index contributed by atoms with van der Waals surface area (Å²) in [6, 6.07) is 3.86. The highest BCUT2D eigenvalue weighted by Gasteiger charge is 2.39. The zero-order valence-electron chi connectivity index (χ0n) is 9.72. The SMILES string of the molecule is c1cnnc(CN=C2NC3(CCCC3)CS2)c1. The predicted molar refractivity (Wildman–Crippen MR) is 70.0 cm³/mol. The number of hydrogen-bond acceptors (Lipinski definition) is 4. The Morgan fingerprint density at radius 3 is 3.06 bits per heavy atom. The summed E-state index contributed by atoms with van der Waals surface area (Å²) in [5.74, 6) is 1.17. The van der Waals surface area contributed by atoms with Gasteiger partial charge in [-0.2, -0.15) is 10.2 Å². The second kappa shape index (κ2) is 4.64. The Morgan fingerprint density at radius 1 is 1.41 bits per heavy atom. The molecule has 0 radical (unpaired) electrons. The summed E-state index contributed by atoms with van der Waals surface area (Å²) in [5, 5.41) is 12.6. The van der Waals surface area contributed by atoms with Gasteiger partial charge >= 0.3 is 0 Å². The fourth-order valence-electron chi connectivity index (χ4n) is 2.48. The number of hydrogen-bond donors (Lipinski definition) is 1. The largest absolute Gasteiger partial charge is 0.359 e. The molecule has 1 spiro atoms. The van der Waals surface area contributed by atoms with Crippen molar-refractivity contribution in [3.8, 4) is 0 Å². The van der Waals surface area contributed by atoms with E-state index in [2.05, 4.69) is 20.5 Å². The average molecular weight is 248 g/mol. The lowest BCUT2D eigenvalue weighted by Gasteiger charge is -2.21. The van der Waals surface area contributed by atoms with Gasteiger partial charge in [-0.15, -0.1) is 0 Å². The molecule has 1 aromatic rings. The Morgan fingerprint density at radius 2 is 2.29 bits per heavy atom. The van der Waals surface area contributed by atoms with Gasteiger partial charge in [-0.3, -0.25) is 4.99 Å². The summed E-state index contributed by atoms with van der Waals surface area (Å²) in [4.78, 5) is 4.58. The quantitative estimate of drug-likeness (QED) is 0.869. The van der Waals surface area contributed by atoms with Crippen LogP contribution in [-0.2, 0) is 6.54 Å². The molecule has 1 aliphatic carbocycles. The van der Waals surface area contributed by atoms with Crippen LogP contribution < -0.4 is 5.32 Å². The third kappa shape index (κ3) is 2.44. The number of nitrogens with zero attached hydrogens (tertiary/aromatic N) is 3. The lowest BCUT2D eigenvalue weighted by atomic mass is 10.0. The molecule has 2 aliphatic rings. The highest BCUT2D eigenvalue weighted by Crippen LogP contribution is 2.37. The molecule has 0 atom stereocenters. The lowest BCUT2D eigenvalue weighted by Crippen LogP contribution is -2.40. The first-order valence-electron chi connectivity index (χ1n) is 6.08.